The monoisotopic (exact) mass is 321 g/mol. The molecule has 24 heavy (non-hydrogen) atoms. The summed E-state index contributed by atoms with van der Waals surface area (Å²) in [6, 6.07) is 7.88. The van der Waals surface area contributed by atoms with Gasteiger partial charge in [-0.25, -0.2) is 4.98 Å². The van der Waals surface area contributed by atoms with Gasteiger partial charge in [0, 0.05) is 44.4 Å². The third-order valence-electron chi connectivity index (χ3n) is 4.41. The third kappa shape index (κ3) is 2.65. The van der Waals surface area contributed by atoms with Gasteiger partial charge in [0.15, 0.2) is 0 Å². The Hall–Kier alpha value is -2.73. The van der Waals surface area contributed by atoms with Crippen molar-refractivity contribution in [3.8, 4) is 0 Å². The molecule has 3 aromatic rings. The number of nitrogens with zero attached hydrogens (tertiary/aromatic N) is 4. The lowest BCUT2D eigenvalue weighted by molar-refractivity contribution is 0.0628. The van der Waals surface area contributed by atoms with Crippen molar-refractivity contribution in [3.63, 3.8) is 0 Å². The summed E-state index contributed by atoms with van der Waals surface area (Å²) in [6.07, 6.45) is 7.31. The molecule has 0 aliphatic carbocycles. The molecule has 1 saturated heterocycles. The van der Waals surface area contributed by atoms with Crippen LogP contribution in [0.25, 0.3) is 5.65 Å². The Morgan fingerprint density at radius 1 is 1.38 bits per heavy atom. The van der Waals surface area contributed by atoms with Crippen molar-refractivity contribution in [2.45, 2.75) is 13.0 Å². The lowest BCUT2D eigenvalue weighted by atomic mass is 10.0. The quantitative estimate of drug-likeness (QED) is 0.782. The van der Waals surface area contributed by atoms with Gasteiger partial charge in [-0.1, -0.05) is 6.07 Å². The summed E-state index contributed by atoms with van der Waals surface area (Å²) < 4.78 is 1.89. The molecule has 0 radical (unpaired) electrons. The standard InChI is InChI=1S/C18H19N5O/c1-13-4-7-22-12-15(21-17(22)9-13)18(24)23-8-6-20-11-16(23)14-3-2-5-19-10-14/h2-5,7,9-10,12,16,20H,6,8,11H2,1H3. The highest BCUT2D eigenvalue weighted by Gasteiger charge is 2.30. The zero-order valence-electron chi connectivity index (χ0n) is 13.5. The van der Waals surface area contributed by atoms with E-state index < -0.39 is 0 Å². The Bertz CT molecular complexity index is 874. The number of aromatic nitrogens is 3. The maximum atomic E-state index is 13.0. The zero-order chi connectivity index (χ0) is 16.5. The van der Waals surface area contributed by atoms with Crippen LogP contribution in [-0.4, -0.2) is 44.8 Å². The van der Waals surface area contributed by atoms with Crippen LogP contribution in [0.4, 0.5) is 0 Å². The minimum absolute atomic E-state index is 0.0218. The second kappa shape index (κ2) is 6.05. The number of nitrogens with one attached hydrogen (secondary N) is 1. The lowest BCUT2D eigenvalue weighted by Crippen LogP contribution is -2.48. The van der Waals surface area contributed by atoms with Crippen LogP contribution in [0.15, 0.2) is 49.1 Å². The van der Waals surface area contributed by atoms with Crippen LogP contribution in [0.2, 0.25) is 0 Å². The van der Waals surface area contributed by atoms with Crippen LogP contribution in [0.1, 0.15) is 27.7 Å². The number of carbonyl (C=O) groups is 1. The topological polar surface area (TPSA) is 62.5 Å². The van der Waals surface area contributed by atoms with Crippen molar-refractivity contribution in [2.75, 3.05) is 19.6 Å². The third-order valence-corrected chi connectivity index (χ3v) is 4.41. The molecule has 6 nitrogen and oxygen atoms in total. The summed E-state index contributed by atoms with van der Waals surface area (Å²) in [4.78, 5) is 23.6. The zero-order valence-corrected chi connectivity index (χ0v) is 13.5. The van der Waals surface area contributed by atoms with Crippen LogP contribution in [0.5, 0.6) is 0 Å². The van der Waals surface area contributed by atoms with Crippen molar-refractivity contribution in [3.05, 3.63) is 65.9 Å². The highest BCUT2D eigenvalue weighted by atomic mass is 16.2. The van der Waals surface area contributed by atoms with Crippen LogP contribution in [0, 0.1) is 6.92 Å². The predicted molar refractivity (Wildman–Crippen MR) is 90.8 cm³/mol. The highest BCUT2D eigenvalue weighted by molar-refractivity contribution is 5.93. The Labute approximate surface area is 140 Å². The number of piperazine rings is 1. The van der Waals surface area contributed by atoms with Crippen LogP contribution in [-0.2, 0) is 0 Å². The van der Waals surface area contributed by atoms with Gasteiger partial charge in [0.1, 0.15) is 11.3 Å². The number of aryl methyl sites for hydroxylation is 1. The molecule has 1 aliphatic heterocycles. The molecule has 0 saturated carbocycles. The summed E-state index contributed by atoms with van der Waals surface area (Å²) in [5.74, 6) is -0.0355. The van der Waals surface area contributed by atoms with Gasteiger partial charge in [-0.05, 0) is 36.2 Å². The van der Waals surface area contributed by atoms with E-state index >= 15 is 0 Å². The summed E-state index contributed by atoms with van der Waals surface area (Å²) >= 11 is 0. The Morgan fingerprint density at radius 3 is 3.12 bits per heavy atom. The smallest absolute Gasteiger partial charge is 0.274 e. The second-order valence-electron chi connectivity index (χ2n) is 6.10. The SMILES string of the molecule is Cc1ccn2cc(C(=O)N3CCNCC3c3cccnc3)nc2c1. The molecule has 4 rings (SSSR count). The largest absolute Gasteiger partial charge is 0.328 e. The fourth-order valence-electron chi connectivity index (χ4n) is 3.15. The molecule has 1 fully saturated rings. The molecular formula is C18H19N5O. The van der Waals surface area contributed by atoms with Crippen LogP contribution >= 0.6 is 0 Å². The number of amides is 1. The normalized spacial score (nSPS) is 18.0. The van der Waals surface area contributed by atoms with Gasteiger partial charge in [-0.3, -0.25) is 9.78 Å². The van der Waals surface area contributed by atoms with E-state index in [-0.39, 0.29) is 11.9 Å². The van der Waals surface area contributed by atoms with Crippen LogP contribution < -0.4 is 5.32 Å². The summed E-state index contributed by atoms with van der Waals surface area (Å²) in [7, 11) is 0. The van der Waals surface area contributed by atoms with Crippen molar-refractivity contribution in [2.24, 2.45) is 0 Å². The Kier molecular flexibility index (Phi) is 3.74. The fraction of sp³-hybridized carbons (Fsp3) is 0.278. The molecule has 1 N–H and O–H groups in total. The van der Waals surface area contributed by atoms with Gasteiger partial charge in [-0.2, -0.15) is 0 Å². The molecule has 6 heteroatoms. The van der Waals surface area contributed by atoms with Gasteiger partial charge in [0.2, 0.25) is 0 Å². The minimum Gasteiger partial charge on any atom is -0.328 e. The first kappa shape index (κ1) is 14.8. The molecule has 0 spiro atoms. The summed E-state index contributed by atoms with van der Waals surface area (Å²) in [5, 5.41) is 3.36. The molecule has 0 aromatic carbocycles. The molecule has 1 aliphatic rings. The van der Waals surface area contributed by atoms with Crippen molar-refractivity contribution < 1.29 is 4.79 Å². The summed E-state index contributed by atoms with van der Waals surface area (Å²) in [6.45, 7) is 4.19. The maximum absolute atomic E-state index is 13.0. The van der Waals surface area contributed by atoms with Gasteiger partial charge in [0.25, 0.3) is 5.91 Å². The van der Waals surface area contributed by atoms with Gasteiger partial charge < -0.3 is 14.6 Å². The molecule has 0 bridgehead atoms. The van der Waals surface area contributed by atoms with E-state index in [2.05, 4.69) is 15.3 Å². The van der Waals surface area contributed by atoms with E-state index in [9.17, 15) is 4.79 Å². The Morgan fingerprint density at radius 2 is 2.29 bits per heavy atom. The van der Waals surface area contributed by atoms with Gasteiger partial charge in [-0.15, -0.1) is 0 Å². The van der Waals surface area contributed by atoms with Crippen LogP contribution in [0.3, 0.4) is 0 Å². The predicted octanol–water partition coefficient (Wildman–Crippen LogP) is 1.82. The molecular weight excluding hydrogens is 302 g/mol. The van der Waals surface area contributed by atoms with E-state index in [1.54, 1.807) is 12.4 Å². The van der Waals surface area contributed by atoms with Crippen molar-refractivity contribution in [1.29, 1.82) is 0 Å². The fourth-order valence-corrected chi connectivity index (χ4v) is 3.15. The van der Waals surface area contributed by atoms with E-state index in [1.807, 2.05) is 52.9 Å². The Balaban J connectivity index is 1.67. The minimum atomic E-state index is -0.0355. The second-order valence-corrected chi connectivity index (χ2v) is 6.10. The molecule has 1 atom stereocenters. The van der Waals surface area contributed by atoms with E-state index in [4.69, 9.17) is 0 Å². The maximum Gasteiger partial charge on any atom is 0.274 e. The number of fused-ring (bicyclic) bond motifs is 1. The van der Waals surface area contributed by atoms with E-state index in [1.165, 1.54) is 0 Å². The molecule has 3 aromatic heterocycles. The number of carbonyl (C=O) groups excluding carboxylic acids is 1. The lowest BCUT2D eigenvalue weighted by Gasteiger charge is -2.36. The number of pyridine rings is 2. The number of rotatable bonds is 2. The average Bonchev–Trinajstić information content (AvgIpc) is 3.05. The van der Waals surface area contributed by atoms with Crippen molar-refractivity contribution >= 4 is 11.6 Å². The van der Waals surface area contributed by atoms with E-state index in [0.717, 1.165) is 29.9 Å². The first-order chi connectivity index (χ1) is 11.7. The molecule has 1 amide bonds. The molecule has 1 unspecified atom stereocenters. The summed E-state index contributed by atoms with van der Waals surface area (Å²) in [5.41, 5.74) is 3.45. The first-order valence-electron chi connectivity index (χ1n) is 8.09. The number of imidazole rings is 1. The van der Waals surface area contributed by atoms with Crippen molar-refractivity contribution in [1.82, 2.24) is 24.6 Å². The molecule has 4 heterocycles. The number of hydrogen-bond acceptors (Lipinski definition) is 4. The van der Waals surface area contributed by atoms with Gasteiger partial charge >= 0.3 is 0 Å². The number of hydrogen-bond donors (Lipinski definition) is 1. The average molecular weight is 321 g/mol. The highest BCUT2D eigenvalue weighted by Crippen LogP contribution is 2.23. The first-order valence-corrected chi connectivity index (χ1v) is 8.09. The molecule has 122 valence electrons. The van der Waals surface area contributed by atoms with E-state index in [0.29, 0.717) is 12.2 Å². The van der Waals surface area contributed by atoms with Gasteiger partial charge in [0.05, 0.1) is 6.04 Å².